The summed E-state index contributed by atoms with van der Waals surface area (Å²) in [5.74, 6) is -0.741. The summed E-state index contributed by atoms with van der Waals surface area (Å²) >= 11 is 0. The Morgan fingerprint density at radius 1 is 1.24 bits per heavy atom. The molecule has 1 aromatic rings. The fourth-order valence-electron chi connectivity index (χ4n) is 1.98. The average Bonchev–Trinajstić information content (AvgIpc) is 2.31. The highest BCUT2D eigenvalue weighted by Gasteiger charge is 2.23. The van der Waals surface area contributed by atoms with Crippen molar-refractivity contribution in [1.82, 2.24) is 4.90 Å². The van der Waals surface area contributed by atoms with E-state index in [0.717, 1.165) is 18.7 Å². The predicted octanol–water partition coefficient (Wildman–Crippen LogP) is 2.33. The zero-order valence-corrected chi connectivity index (χ0v) is 10.8. The summed E-state index contributed by atoms with van der Waals surface area (Å²) in [6.45, 7) is 7.55. The summed E-state index contributed by atoms with van der Waals surface area (Å²) in [6.07, 6.45) is 0.567. The SMILES string of the molecule is CCN(CC)C(Cc1ccc(C)cc1)C(=O)O. The summed E-state index contributed by atoms with van der Waals surface area (Å²) in [6, 6.07) is 7.64. The minimum absolute atomic E-state index is 0.423. The van der Waals surface area contributed by atoms with Crippen LogP contribution in [0.25, 0.3) is 0 Å². The van der Waals surface area contributed by atoms with Gasteiger partial charge in [0.05, 0.1) is 0 Å². The van der Waals surface area contributed by atoms with Crippen molar-refractivity contribution in [2.75, 3.05) is 13.1 Å². The summed E-state index contributed by atoms with van der Waals surface area (Å²) in [5.41, 5.74) is 2.28. The number of rotatable bonds is 6. The maximum atomic E-state index is 11.3. The maximum Gasteiger partial charge on any atom is 0.321 e. The number of carboxylic acid groups (broad SMARTS) is 1. The number of likely N-dealkylation sites (N-methyl/N-ethyl adjacent to an activating group) is 1. The highest BCUT2D eigenvalue weighted by molar-refractivity contribution is 5.74. The Hall–Kier alpha value is -1.35. The number of hydrogen-bond acceptors (Lipinski definition) is 2. The quantitative estimate of drug-likeness (QED) is 0.822. The van der Waals surface area contributed by atoms with Crippen LogP contribution < -0.4 is 0 Å². The molecule has 0 aliphatic carbocycles. The van der Waals surface area contributed by atoms with Crippen LogP contribution >= 0.6 is 0 Å². The first-order valence-corrected chi connectivity index (χ1v) is 6.10. The molecule has 1 unspecified atom stereocenters. The van der Waals surface area contributed by atoms with Gasteiger partial charge in [-0.2, -0.15) is 0 Å². The second-order valence-electron chi connectivity index (χ2n) is 4.26. The molecular formula is C14H21NO2. The van der Waals surface area contributed by atoms with Crippen molar-refractivity contribution in [2.45, 2.75) is 33.2 Å². The number of carbonyl (C=O) groups is 1. The Labute approximate surface area is 103 Å². The number of nitrogens with zero attached hydrogens (tertiary/aromatic N) is 1. The van der Waals surface area contributed by atoms with Crippen LogP contribution in [0.1, 0.15) is 25.0 Å². The second-order valence-corrected chi connectivity index (χ2v) is 4.26. The van der Waals surface area contributed by atoms with E-state index in [1.807, 2.05) is 49.9 Å². The van der Waals surface area contributed by atoms with Crippen LogP contribution in [0.3, 0.4) is 0 Å². The molecule has 0 fully saturated rings. The Morgan fingerprint density at radius 3 is 2.18 bits per heavy atom. The molecule has 3 heteroatoms. The topological polar surface area (TPSA) is 40.5 Å². The van der Waals surface area contributed by atoms with Crippen LogP contribution in [0.15, 0.2) is 24.3 Å². The number of hydrogen-bond donors (Lipinski definition) is 1. The highest BCUT2D eigenvalue weighted by atomic mass is 16.4. The number of carboxylic acids is 1. The van der Waals surface area contributed by atoms with Crippen LogP contribution in [0.5, 0.6) is 0 Å². The Bertz CT molecular complexity index is 355. The van der Waals surface area contributed by atoms with Crippen molar-refractivity contribution >= 4 is 5.97 Å². The van der Waals surface area contributed by atoms with Gasteiger partial charge in [-0.3, -0.25) is 9.69 Å². The van der Waals surface area contributed by atoms with Crippen molar-refractivity contribution in [3.63, 3.8) is 0 Å². The Balaban J connectivity index is 2.79. The molecule has 0 heterocycles. The van der Waals surface area contributed by atoms with E-state index in [9.17, 15) is 9.90 Å². The van der Waals surface area contributed by atoms with E-state index in [1.165, 1.54) is 5.56 Å². The fraction of sp³-hybridized carbons (Fsp3) is 0.500. The van der Waals surface area contributed by atoms with Gasteiger partial charge in [0.25, 0.3) is 0 Å². The molecule has 1 atom stereocenters. The van der Waals surface area contributed by atoms with Crippen LogP contribution in [0, 0.1) is 6.92 Å². The lowest BCUT2D eigenvalue weighted by Crippen LogP contribution is -2.42. The van der Waals surface area contributed by atoms with Crippen molar-refractivity contribution in [1.29, 1.82) is 0 Å². The Kier molecular flexibility index (Phi) is 5.16. The predicted molar refractivity (Wildman–Crippen MR) is 69.2 cm³/mol. The highest BCUT2D eigenvalue weighted by Crippen LogP contribution is 2.10. The first kappa shape index (κ1) is 13.7. The van der Waals surface area contributed by atoms with Gasteiger partial charge in [-0.25, -0.2) is 0 Å². The molecule has 94 valence electrons. The zero-order valence-electron chi connectivity index (χ0n) is 10.8. The molecule has 3 nitrogen and oxygen atoms in total. The molecule has 0 bridgehead atoms. The number of aryl methyl sites for hydroxylation is 1. The lowest BCUT2D eigenvalue weighted by atomic mass is 10.0. The van der Waals surface area contributed by atoms with Gasteiger partial charge < -0.3 is 5.11 Å². The number of benzene rings is 1. The van der Waals surface area contributed by atoms with Gasteiger partial charge in [0.15, 0.2) is 0 Å². The molecule has 17 heavy (non-hydrogen) atoms. The molecule has 1 aromatic carbocycles. The van der Waals surface area contributed by atoms with Crippen molar-refractivity contribution in [3.05, 3.63) is 35.4 Å². The van der Waals surface area contributed by atoms with Gasteiger partial charge in [-0.1, -0.05) is 43.7 Å². The number of aliphatic carboxylic acids is 1. The first-order chi connectivity index (χ1) is 8.08. The second kappa shape index (κ2) is 6.40. The van der Waals surface area contributed by atoms with Crippen molar-refractivity contribution in [3.8, 4) is 0 Å². The van der Waals surface area contributed by atoms with Gasteiger partial charge in [-0.05, 0) is 32.0 Å². The summed E-state index contributed by atoms with van der Waals surface area (Å²) < 4.78 is 0. The molecule has 1 N–H and O–H groups in total. The molecule has 0 aromatic heterocycles. The molecule has 1 rings (SSSR count). The van der Waals surface area contributed by atoms with Crippen molar-refractivity contribution < 1.29 is 9.90 Å². The minimum Gasteiger partial charge on any atom is -0.480 e. The van der Waals surface area contributed by atoms with E-state index < -0.39 is 12.0 Å². The summed E-state index contributed by atoms with van der Waals surface area (Å²) in [7, 11) is 0. The van der Waals surface area contributed by atoms with Gasteiger partial charge >= 0.3 is 5.97 Å². The van der Waals surface area contributed by atoms with E-state index in [-0.39, 0.29) is 0 Å². The zero-order chi connectivity index (χ0) is 12.8. The molecular weight excluding hydrogens is 214 g/mol. The molecule has 0 saturated heterocycles. The molecule has 0 saturated carbocycles. The third kappa shape index (κ3) is 3.86. The van der Waals surface area contributed by atoms with Crippen LogP contribution in [0.4, 0.5) is 0 Å². The van der Waals surface area contributed by atoms with Gasteiger partial charge in [0.2, 0.25) is 0 Å². The standard InChI is InChI=1S/C14H21NO2/c1-4-15(5-2)13(14(16)17)10-12-8-6-11(3)7-9-12/h6-9,13H,4-5,10H2,1-3H3,(H,16,17). The van der Waals surface area contributed by atoms with Gasteiger partial charge in [0, 0.05) is 0 Å². The summed E-state index contributed by atoms with van der Waals surface area (Å²) in [4.78, 5) is 13.3. The third-order valence-corrected chi connectivity index (χ3v) is 3.09. The largest absolute Gasteiger partial charge is 0.480 e. The fourth-order valence-corrected chi connectivity index (χ4v) is 1.98. The Morgan fingerprint density at radius 2 is 1.76 bits per heavy atom. The monoisotopic (exact) mass is 235 g/mol. The lowest BCUT2D eigenvalue weighted by molar-refractivity contribution is -0.143. The van der Waals surface area contributed by atoms with E-state index in [2.05, 4.69) is 0 Å². The third-order valence-electron chi connectivity index (χ3n) is 3.09. The smallest absolute Gasteiger partial charge is 0.321 e. The van der Waals surface area contributed by atoms with E-state index in [0.29, 0.717) is 6.42 Å². The molecule has 0 amide bonds. The average molecular weight is 235 g/mol. The normalized spacial score (nSPS) is 12.7. The van der Waals surface area contributed by atoms with Gasteiger partial charge in [0.1, 0.15) is 6.04 Å². The van der Waals surface area contributed by atoms with Gasteiger partial charge in [-0.15, -0.1) is 0 Å². The minimum atomic E-state index is -0.741. The van der Waals surface area contributed by atoms with Crippen LogP contribution in [-0.4, -0.2) is 35.1 Å². The van der Waals surface area contributed by atoms with E-state index >= 15 is 0 Å². The molecule has 0 aliphatic heterocycles. The van der Waals surface area contributed by atoms with E-state index in [1.54, 1.807) is 0 Å². The van der Waals surface area contributed by atoms with Crippen LogP contribution in [-0.2, 0) is 11.2 Å². The maximum absolute atomic E-state index is 11.3. The van der Waals surface area contributed by atoms with Crippen molar-refractivity contribution in [2.24, 2.45) is 0 Å². The molecule has 0 radical (unpaired) electrons. The summed E-state index contributed by atoms with van der Waals surface area (Å²) in [5, 5.41) is 9.28. The van der Waals surface area contributed by atoms with Crippen LogP contribution in [0.2, 0.25) is 0 Å². The first-order valence-electron chi connectivity index (χ1n) is 6.10. The molecule has 0 aliphatic rings. The van der Waals surface area contributed by atoms with E-state index in [4.69, 9.17) is 0 Å². The molecule has 0 spiro atoms. The lowest BCUT2D eigenvalue weighted by Gasteiger charge is -2.26.